The fourth-order valence-electron chi connectivity index (χ4n) is 1.45. The van der Waals surface area contributed by atoms with Crippen LogP contribution in [0.25, 0.3) is 0 Å². The van der Waals surface area contributed by atoms with E-state index in [1.165, 1.54) is 18.2 Å². The highest BCUT2D eigenvalue weighted by atomic mass is 79.9. The lowest BCUT2D eigenvalue weighted by Gasteiger charge is -2.09. The molecule has 0 radical (unpaired) electrons. The summed E-state index contributed by atoms with van der Waals surface area (Å²) >= 11 is 14.9. The van der Waals surface area contributed by atoms with E-state index in [4.69, 9.17) is 23.2 Å². The highest BCUT2D eigenvalue weighted by molar-refractivity contribution is 9.10. The van der Waals surface area contributed by atoms with Crippen molar-refractivity contribution in [2.45, 2.75) is 4.90 Å². The van der Waals surface area contributed by atoms with E-state index in [0.29, 0.717) is 5.69 Å². The lowest BCUT2D eigenvalue weighted by Crippen LogP contribution is -2.12. The summed E-state index contributed by atoms with van der Waals surface area (Å²) in [5.74, 6) is 0. The van der Waals surface area contributed by atoms with E-state index in [2.05, 4.69) is 20.7 Å². The second kappa shape index (κ2) is 5.71. The van der Waals surface area contributed by atoms with Crippen LogP contribution in [0.5, 0.6) is 0 Å². The standard InChI is InChI=1S/C12H8BrCl2NO2S/c13-8-2-1-3-11(4-8)16-19(17,18)12-6-9(14)5-10(15)7-12/h1-7,16H. The first kappa shape index (κ1) is 14.7. The van der Waals surface area contributed by atoms with Crippen molar-refractivity contribution in [3.63, 3.8) is 0 Å². The molecule has 0 saturated carbocycles. The lowest BCUT2D eigenvalue weighted by atomic mass is 10.3. The van der Waals surface area contributed by atoms with Crippen molar-refractivity contribution in [3.05, 3.63) is 57.0 Å². The van der Waals surface area contributed by atoms with Crippen LogP contribution in [0.3, 0.4) is 0 Å². The summed E-state index contributed by atoms with van der Waals surface area (Å²) in [6.45, 7) is 0. The zero-order valence-electron chi connectivity index (χ0n) is 9.40. The molecule has 2 rings (SSSR count). The highest BCUT2D eigenvalue weighted by Crippen LogP contribution is 2.25. The summed E-state index contributed by atoms with van der Waals surface area (Å²) in [7, 11) is -3.71. The molecule has 0 spiro atoms. The van der Waals surface area contributed by atoms with Crippen LogP contribution in [0, 0.1) is 0 Å². The Bertz CT molecular complexity index is 699. The van der Waals surface area contributed by atoms with Crippen LogP contribution in [0.1, 0.15) is 0 Å². The van der Waals surface area contributed by atoms with E-state index in [1.54, 1.807) is 24.3 Å². The maximum absolute atomic E-state index is 12.2. The van der Waals surface area contributed by atoms with Crippen LogP contribution in [-0.4, -0.2) is 8.42 Å². The monoisotopic (exact) mass is 379 g/mol. The van der Waals surface area contributed by atoms with Gasteiger partial charge in [0.25, 0.3) is 10.0 Å². The molecule has 0 aliphatic carbocycles. The van der Waals surface area contributed by atoms with Crippen LogP contribution in [0.4, 0.5) is 5.69 Å². The van der Waals surface area contributed by atoms with E-state index in [0.717, 1.165) is 4.47 Å². The number of halogens is 3. The molecule has 19 heavy (non-hydrogen) atoms. The molecule has 3 nitrogen and oxygen atoms in total. The van der Waals surface area contributed by atoms with Crippen LogP contribution in [0.2, 0.25) is 10.0 Å². The molecule has 2 aromatic carbocycles. The fourth-order valence-corrected chi connectivity index (χ4v) is 3.62. The Morgan fingerprint density at radius 2 is 1.63 bits per heavy atom. The summed E-state index contributed by atoms with van der Waals surface area (Å²) in [4.78, 5) is 0.0185. The Morgan fingerprint density at radius 3 is 2.21 bits per heavy atom. The molecule has 100 valence electrons. The number of hydrogen-bond acceptors (Lipinski definition) is 2. The van der Waals surface area contributed by atoms with Gasteiger partial charge in [-0.1, -0.05) is 45.2 Å². The number of hydrogen-bond donors (Lipinski definition) is 1. The van der Waals surface area contributed by atoms with Crippen LogP contribution in [-0.2, 0) is 10.0 Å². The molecule has 0 unspecified atom stereocenters. The SMILES string of the molecule is O=S(=O)(Nc1cccc(Br)c1)c1cc(Cl)cc(Cl)c1. The van der Waals surface area contributed by atoms with Gasteiger partial charge in [0.2, 0.25) is 0 Å². The minimum atomic E-state index is -3.71. The molecule has 0 bridgehead atoms. The summed E-state index contributed by atoms with van der Waals surface area (Å²) in [5.41, 5.74) is 0.450. The Hall–Kier alpha value is -0.750. The molecule has 0 heterocycles. The molecule has 0 saturated heterocycles. The van der Waals surface area contributed by atoms with Crippen LogP contribution in [0.15, 0.2) is 51.8 Å². The van der Waals surface area contributed by atoms with Crippen molar-refractivity contribution < 1.29 is 8.42 Å². The fraction of sp³-hybridized carbons (Fsp3) is 0. The molecule has 0 aliphatic rings. The van der Waals surface area contributed by atoms with Crippen LogP contribution >= 0.6 is 39.1 Å². The van der Waals surface area contributed by atoms with Crippen molar-refractivity contribution in [1.29, 1.82) is 0 Å². The van der Waals surface area contributed by atoms with Gasteiger partial charge in [-0.25, -0.2) is 8.42 Å². The second-order valence-electron chi connectivity index (χ2n) is 3.72. The van der Waals surface area contributed by atoms with E-state index in [1.807, 2.05) is 0 Å². The lowest BCUT2D eigenvalue weighted by molar-refractivity contribution is 0.601. The first-order chi connectivity index (χ1) is 8.87. The van der Waals surface area contributed by atoms with Gasteiger partial charge < -0.3 is 0 Å². The third-order valence-corrected chi connectivity index (χ3v) is 4.51. The Balaban J connectivity index is 2.37. The summed E-state index contributed by atoms with van der Waals surface area (Å²) in [5, 5.41) is 0.532. The summed E-state index contributed by atoms with van der Waals surface area (Å²) in [6.07, 6.45) is 0. The van der Waals surface area contributed by atoms with Gasteiger partial charge in [0.1, 0.15) is 0 Å². The molecular weight excluding hydrogens is 373 g/mol. The molecule has 0 amide bonds. The summed E-state index contributed by atoms with van der Waals surface area (Å²) in [6, 6.07) is 11.0. The molecule has 0 atom stereocenters. The smallest absolute Gasteiger partial charge is 0.261 e. The van der Waals surface area contributed by atoms with E-state index in [-0.39, 0.29) is 14.9 Å². The maximum atomic E-state index is 12.2. The predicted octanol–water partition coefficient (Wildman–Crippen LogP) is 4.56. The Labute approximate surface area is 129 Å². The number of nitrogens with one attached hydrogen (secondary N) is 1. The van der Waals surface area contributed by atoms with E-state index in [9.17, 15) is 8.42 Å². The molecular formula is C12H8BrCl2NO2S. The highest BCUT2D eigenvalue weighted by Gasteiger charge is 2.15. The number of anilines is 1. The predicted molar refractivity (Wildman–Crippen MR) is 81.4 cm³/mol. The molecule has 1 N–H and O–H groups in total. The molecule has 2 aromatic rings. The van der Waals surface area contributed by atoms with Crippen molar-refractivity contribution in [2.24, 2.45) is 0 Å². The maximum Gasteiger partial charge on any atom is 0.261 e. The zero-order valence-corrected chi connectivity index (χ0v) is 13.3. The Kier molecular flexibility index (Phi) is 4.40. The van der Waals surface area contributed by atoms with Gasteiger partial charge in [-0.3, -0.25) is 4.72 Å². The Morgan fingerprint density at radius 1 is 1.00 bits per heavy atom. The molecule has 0 aliphatic heterocycles. The van der Waals surface area contributed by atoms with E-state index < -0.39 is 10.0 Å². The molecule has 0 aromatic heterocycles. The third-order valence-electron chi connectivity index (χ3n) is 2.22. The van der Waals surface area contributed by atoms with Gasteiger partial charge in [-0.2, -0.15) is 0 Å². The first-order valence-corrected chi connectivity index (χ1v) is 8.14. The van der Waals surface area contributed by atoms with E-state index >= 15 is 0 Å². The average Bonchev–Trinajstić information content (AvgIpc) is 2.26. The van der Waals surface area contributed by atoms with Crippen molar-refractivity contribution in [3.8, 4) is 0 Å². The topological polar surface area (TPSA) is 46.2 Å². The first-order valence-electron chi connectivity index (χ1n) is 5.11. The number of sulfonamides is 1. The molecule has 0 fully saturated rings. The van der Waals surface area contributed by atoms with Gasteiger partial charge in [-0.15, -0.1) is 0 Å². The van der Waals surface area contributed by atoms with Crippen molar-refractivity contribution in [2.75, 3.05) is 4.72 Å². The van der Waals surface area contributed by atoms with Gasteiger partial charge in [0.15, 0.2) is 0 Å². The van der Waals surface area contributed by atoms with Gasteiger partial charge >= 0.3 is 0 Å². The average molecular weight is 381 g/mol. The van der Waals surface area contributed by atoms with Crippen molar-refractivity contribution in [1.82, 2.24) is 0 Å². The molecule has 7 heteroatoms. The second-order valence-corrected chi connectivity index (χ2v) is 7.19. The minimum Gasteiger partial charge on any atom is -0.280 e. The normalized spacial score (nSPS) is 11.3. The minimum absolute atomic E-state index is 0.0185. The number of rotatable bonds is 3. The van der Waals surface area contributed by atoms with Crippen molar-refractivity contribution >= 4 is 54.8 Å². The number of benzene rings is 2. The van der Waals surface area contributed by atoms with Gasteiger partial charge in [0.05, 0.1) is 4.90 Å². The largest absolute Gasteiger partial charge is 0.280 e. The quantitative estimate of drug-likeness (QED) is 0.848. The summed E-state index contributed by atoms with van der Waals surface area (Å²) < 4.78 is 27.6. The third kappa shape index (κ3) is 3.86. The van der Waals surface area contributed by atoms with Gasteiger partial charge in [0, 0.05) is 20.2 Å². The van der Waals surface area contributed by atoms with Crippen LogP contribution < -0.4 is 4.72 Å². The van der Waals surface area contributed by atoms with Gasteiger partial charge in [-0.05, 0) is 36.4 Å². The zero-order chi connectivity index (χ0) is 14.0.